The molecule has 0 unspecified atom stereocenters. The highest BCUT2D eigenvalue weighted by Crippen LogP contribution is 2.18. The SMILES string of the molecule is O=C1CCCN1CCCN1CCC(N2CCNC2=O)CC1. The minimum absolute atomic E-state index is 0.112. The molecule has 6 nitrogen and oxygen atoms in total. The first-order chi connectivity index (χ1) is 10.2. The lowest BCUT2D eigenvalue weighted by atomic mass is 10.0. The fourth-order valence-corrected chi connectivity index (χ4v) is 3.72. The summed E-state index contributed by atoms with van der Waals surface area (Å²) in [6.45, 7) is 6.73. The van der Waals surface area contributed by atoms with Crippen LogP contribution in [0.5, 0.6) is 0 Å². The van der Waals surface area contributed by atoms with Crippen LogP contribution in [0.15, 0.2) is 0 Å². The Bertz CT molecular complexity index is 390. The molecule has 3 rings (SSSR count). The Morgan fingerprint density at radius 3 is 2.48 bits per heavy atom. The molecule has 6 heteroatoms. The van der Waals surface area contributed by atoms with Gasteiger partial charge in [-0.2, -0.15) is 0 Å². The topological polar surface area (TPSA) is 55.9 Å². The fraction of sp³-hybridized carbons (Fsp3) is 0.867. The second-order valence-electron chi connectivity index (χ2n) is 6.34. The van der Waals surface area contributed by atoms with E-state index in [1.807, 2.05) is 9.80 Å². The van der Waals surface area contributed by atoms with Crippen LogP contribution in [-0.4, -0.2) is 78.5 Å². The van der Waals surface area contributed by atoms with Crippen molar-refractivity contribution in [3.05, 3.63) is 0 Å². The molecule has 0 saturated carbocycles. The zero-order chi connectivity index (χ0) is 14.7. The molecule has 1 N–H and O–H groups in total. The van der Waals surface area contributed by atoms with Gasteiger partial charge in [-0.15, -0.1) is 0 Å². The number of rotatable bonds is 5. The normalized spacial score (nSPS) is 25.0. The van der Waals surface area contributed by atoms with Crippen molar-refractivity contribution >= 4 is 11.9 Å². The van der Waals surface area contributed by atoms with Crippen molar-refractivity contribution in [2.75, 3.05) is 45.8 Å². The highest BCUT2D eigenvalue weighted by molar-refractivity contribution is 5.78. The summed E-state index contributed by atoms with van der Waals surface area (Å²) in [5.74, 6) is 0.328. The van der Waals surface area contributed by atoms with Crippen LogP contribution in [0.4, 0.5) is 4.79 Å². The van der Waals surface area contributed by atoms with Crippen LogP contribution in [0.3, 0.4) is 0 Å². The zero-order valence-electron chi connectivity index (χ0n) is 12.7. The number of carbonyl (C=O) groups excluding carboxylic acids is 2. The molecule has 0 aromatic rings. The quantitative estimate of drug-likeness (QED) is 0.803. The van der Waals surface area contributed by atoms with E-state index in [2.05, 4.69) is 10.2 Å². The van der Waals surface area contributed by atoms with E-state index in [4.69, 9.17) is 0 Å². The standard InChI is InChI=1S/C15H26N4O2/c20-14-3-1-8-18(14)9-2-7-17-10-4-13(5-11-17)19-12-6-16-15(19)21/h13H,1-12H2,(H,16,21). The van der Waals surface area contributed by atoms with E-state index < -0.39 is 0 Å². The maximum Gasteiger partial charge on any atom is 0.317 e. The van der Waals surface area contributed by atoms with Crippen LogP contribution < -0.4 is 5.32 Å². The van der Waals surface area contributed by atoms with E-state index in [0.29, 0.717) is 11.9 Å². The average Bonchev–Trinajstić information content (AvgIpc) is 3.09. The molecule has 3 aliphatic rings. The summed E-state index contributed by atoms with van der Waals surface area (Å²) < 4.78 is 0. The van der Waals surface area contributed by atoms with E-state index in [0.717, 1.165) is 77.9 Å². The van der Waals surface area contributed by atoms with Crippen molar-refractivity contribution in [3.63, 3.8) is 0 Å². The van der Waals surface area contributed by atoms with Crippen molar-refractivity contribution in [2.45, 2.75) is 38.1 Å². The molecule has 3 saturated heterocycles. The minimum Gasteiger partial charge on any atom is -0.343 e. The van der Waals surface area contributed by atoms with E-state index in [1.54, 1.807) is 0 Å². The van der Waals surface area contributed by atoms with Gasteiger partial charge in [0.2, 0.25) is 5.91 Å². The van der Waals surface area contributed by atoms with Gasteiger partial charge in [0.15, 0.2) is 0 Å². The summed E-state index contributed by atoms with van der Waals surface area (Å²) >= 11 is 0. The molecule has 0 aromatic heterocycles. The van der Waals surface area contributed by atoms with Crippen molar-refractivity contribution in [3.8, 4) is 0 Å². The monoisotopic (exact) mass is 294 g/mol. The van der Waals surface area contributed by atoms with Crippen LogP contribution in [0.2, 0.25) is 0 Å². The summed E-state index contributed by atoms with van der Waals surface area (Å²) in [5.41, 5.74) is 0. The maximum absolute atomic E-state index is 11.7. The second kappa shape index (κ2) is 6.64. The molecule has 0 spiro atoms. The maximum atomic E-state index is 11.7. The molecule has 118 valence electrons. The summed E-state index contributed by atoms with van der Waals surface area (Å²) in [7, 11) is 0. The van der Waals surface area contributed by atoms with Gasteiger partial charge in [-0.3, -0.25) is 4.79 Å². The Labute approximate surface area is 126 Å². The fourth-order valence-electron chi connectivity index (χ4n) is 3.72. The van der Waals surface area contributed by atoms with Crippen LogP contribution in [-0.2, 0) is 4.79 Å². The summed E-state index contributed by atoms with van der Waals surface area (Å²) in [4.78, 5) is 29.7. The van der Waals surface area contributed by atoms with Gasteiger partial charge in [0.25, 0.3) is 0 Å². The largest absolute Gasteiger partial charge is 0.343 e. The predicted molar refractivity (Wildman–Crippen MR) is 80.0 cm³/mol. The van der Waals surface area contributed by atoms with Gasteiger partial charge in [-0.25, -0.2) is 4.79 Å². The Morgan fingerprint density at radius 2 is 1.86 bits per heavy atom. The third-order valence-electron chi connectivity index (χ3n) is 4.96. The molecule has 0 radical (unpaired) electrons. The third kappa shape index (κ3) is 3.48. The van der Waals surface area contributed by atoms with Crippen molar-refractivity contribution in [1.82, 2.24) is 20.0 Å². The van der Waals surface area contributed by atoms with Gasteiger partial charge >= 0.3 is 6.03 Å². The minimum atomic E-state index is 0.112. The molecule has 21 heavy (non-hydrogen) atoms. The summed E-state index contributed by atoms with van der Waals surface area (Å²) in [6.07, 6.45) is 5.00. The van der Waals surface area contributed by atoms with Crippen LogP contribution in [0.1, 0.15) is 32.1 Å². The Balaban J connectivity index is 1.34. The van der Waals surface area contributed by atoms with Crippen LogP contribution >= 0.6 is 0 Å². The molecule has 3 heterocycles. The number of urea groups is 1. The Hall–Kier alpha value is -1.30. The first-order valence-electron chi connectivity index (χ1n) is 8.28. The number of hydrogen-bond acceptors (Lipinski definition) is 3. The summed E-state index contributed by atoms with van der Waals surface area (Å²) in [6, 6.07) is 0.532. The number of likely N-dealkylation sites (tertiary alicyclic amines) is 2. The van der Waals surface area contributed by atoms with Crippen LogP contribution in [0, 0.1) is 0 Å². The number of carbonyl (C=O) groups is 2. The van der Waals surface area contributed by atoms with Crippen LogP contribution in [0.25, 0.3) is 0 Å². The lowest BCUT2D eigenvalue weighted by Gasteiger charge is -2.36. The van der Waals surface area contributed by atoms with E-state index >= 15 is 0 Å². The van der Waals surface area contributed by atoms with Crippen molar-refractivity contribution < 1.29 is 9.59 Å². The number of amides is 3. The first-order valence-corrected chi connectivity index (χ1v) is 8.28. The Kier molecular flexibility index (Phi) is 4.63. The molecule has 0 atom stereocenters. The van der Waals surface area contributed by atoms with Crippen molar-refractivity contribution in [1.29, 1.82) is 0 Å². The van der Waals surface area contributed by atoms with Crippen molar-refractivity contribution in [2.24, 2.45) is 0 Å². The lowest BCUT2D eigenvalue weighted by molar-refractivity contribution is -0.127. The molecule has 3 aliphatic heterocycles. The number of piperidine rings is 1. The number of nitrogens with one attached hydrogen (secondary N) is 1. The predicted octanol–water partition coefficient (Wildman–Crippen LogP) is 0.489. The summed E-state index contributed by atoms with van der Waals surface area (Å²) in [5, 5.41) is 2.88. The first kappa shape index (κ1) is 14.6. The molecular weight excluding hydrogens is 268 g/mol. The number of hydrogen-bond donors (Lipinski definition) is 1. The Morgan fingerprint density at radius 1 is 1.05 bits per heavy atom. The van der Waals surface area contributed by atoms with Gasteiger partial charge in [-0.1, -0.05) is 0 Å². The van der Waals surface area contributed by atoms with Gasteiger partial charge in [-0.05, 0) is 32.2 Å². The molecule has 0 aliphatic carbocycles. The molecule has 0 bridgehead atoms. The molecule has 0 aromatic carbocycles. The smallest absolute Gasteiger partial charge is 0.317 e. The van der Waals surface area contributed by atoms with E-state index in [9.17, 15) is 9.59 Å². The van der Waals surface area contributed by atoms with Gasteiger partial charge in [0, 0.05) is 51.7 Å². The highest BCUT2D eigenvalue weighted by Gasteiger charge is 2.30. The zero-order valence-corrected chi connectivity index (χ0v) is 12.7. The highest BCUT2D eigenvalue weighted by atomic mass is 16.2. The molecule has 3 fully saturated rings. The average molecular weight is 294 g/mol. The van der Waals surface area contributed by atoms with Gasteiger partial charge in [0.05, 0.1) is 0 Å². The number of nitrogens with zero attached hydrogens (tertiary/aromatic N) is 3. The van der Waals surface area contributed by atoms with E-state index in [1.165, 1.54) is 0 Å². The second-order valence-corrected chi connectivity index (χ2v) is 6.34. The van der Waals surface area contributed by atoms with Gasteiger partial charge < -0.3 is 20.0 Å². The lowest BCUT2D eigenvalue weighted by Crippen LogP contribution is -2.46. The molecule has 3 amide bonds. The molecular formula is C15H26N4O2. The third-order valence-corrected chi connectivity index (χ3v) is 4.96. The van der Waals surface area contributed by atoms with Gasteiger partial charge in [0.1, 0.15) is 0 Å². The van der Waals surface area contributed by atoms with E-state index in [-0.39, 0.29) is 6.03 Å².